The van der Waals surface area contributed by atoms with Crippen LogP contribution in [-0.4, -0.2) is 34.6 Å². The first-order valence-corrected chi connectivity index (χ1v) is 4.25. The van der Waals surface area contributed by atoms with Gasteiger partial charge >= 0.3 is 0 Å². The number of hydrogen-bond donors (Lipinski definition) is 1. The van der Waals surface area contributed by atoms with Crippen molar-refractivity contribution in [3.63, 3.8) is 0 Å². The first-order valence-electron chi connectivity index (χ1n) is 4.25. The highest BCUT2D eigenvalue weighted by Gasteiger charge is 2.35. The number of aliphatic hydroxyl groups excluding tert-OH is 1. The zero-order chi connectivity index (χ0) is 7.84. The van der Waals surface area contributed by atoms with E-state index < -0.39 is 0 Å². The lowest BCUT2D eigenvalue weighted by atomic mass is 10.00. The van der Waals surface area contributed by atoms with E-state index in [-0.39, 0.29) is 12.0 Å². The minimum atomic E-state index is -0.373. The fraction of sp³-hybridized carbons (Fsp3) is 0.875. The molecule has 2 atom stereocenters. The van der Waals surface area contributed by atoms with Gasteiger partial charge in [-0.2, -0.15) is 0 Å². The SMILES string of the molecule is O=C1C[C@H](O)C[C@@H]2CCCN12. The molecule has 2 saturated heterocycles. The highest BCUT2D eigenvalue weighted by molar-refractivity contribution is 5.78. The van der Waals surface area contributed by atoms with Crippen molar-refractivity contribution in [3.05, 3.63) is 0 Å². The quantitative estimate of drug-likeness (QED) is 0.540. The van der Waals surface area contributed by atoms with E-state index >= 15 is 0 Å². The number of hydrogen-bond acceptors (Lipinski definition) is 2. The summed E-state index contributed by atoms with van der Waals surface area (Å²) in [6.07, 6.45) is 2.97. The molecule has 0 aromatic carbocycles. The van der Waals surface area contributed by atoms with E-state index in [2.05, 4.69) is 0 Å². The molecular formula is C8H13NO2. The maximum absolute atomic E-state index is 11.3. The van der Waals surface area contributed by atoms with E-state index in [1.54, 1.807) is 0 Å². The zero-order valence-electron chi connectivity index (χ0n) is 6.49. The van der Waals surface area contributed by atoms with Gasteiger partial charge in [0.25, 0.3) is 0 Å². The van der Waals surface area contributed by atoms with E-state index in [0.717, 1.165) is 25.8 Å². The van der Waals surface area contributed by atoms with Crippen LogP contribution in [0.15, 0.2) is 0 Å². The van der Waals surface area contributed by atoms with Gasteiger partial charge in [-0.3, -0.25) is 4.79 Å². The van der Waals surface area contributed by atoms with Gasteiger partial charge in [-0.05, 0) is 19.3 Å². The van der Waals surface area contributed by atoms with Crippen LogP contribution in [0.25, 0.3) is 0 Å². The van der Waals surface area contributed by atoms with Crippen molar-refractivity contribution < 1.29 is 9.90 Å². The van der Waals surface area contributed by atoms with Crippen LogP contribution in [0.3, 0.4) is 0 Å². The lowest BCUT2D eigenvalue weighted by Gasteiger charge is -2.32. The largest absolute Gasteiger partial charge is 0.393 e. The summed E-state index contributed by atoms with van der Waals surface area (Å²) >= 11 is 0. The molecule has 0 radical (unpaired) electrons. The Morgan fingerprint density at radius 3 is 3.18 bits per heavy atom. The van der Waals surface area contributed by atoms with Crippen molar-refractivity contribution in [2.45, 2.75) is 37.8 Å². The molecule has 0 bridgehead atoms. The molecule has 2 heterocycles. The topological polar surface area (TPSA) is 40.5 Å². The third kappa shape index (κ3) is 1.13. The Kier molecular flexibility index (Phi) is 1.60. The molecule has 1 amide bonds. The second-order valence-corrected chi connectivity index (χ2v) is 3.48. The number of amides is 1. The number of piperidine rings is 1. The van der Waals surface area contributed by atoms with E-state index in [1.165, 1.54) is 0 Å². The lowest BCUT2D eigenvalue weighted by molar-refractivity contribution is -0.138. The van der Waals surface area contributed by atoms with Gasteiger partial charge in [0.15, 0.2) is 0 Å². The van der Waals surface area contributed by atoms with Crippen LogP contribution in [0, 0.1) is 0 Å². The summed E-state index contributed by atoms with van der Waals surface area (Å²) in [6.45, 7) is 0.913. The van der Waals surface area contributed by atoms with Gasteiger partial charge < -0.3 is 10.0 Å². The second kappa shape index (κ2) is 2.48. The van der Waals surface area contributed by atoms with Gasteiger partial charge in [-0.15, -0.1) is 0 Å². The molecular weight excluding hydrogens is 142 g/mol. The predicted molar refractivity (Wildman–Crippen MR) is 40.0 cm³/mol. The first-order chi connectivity index (χ1) is 5.27. The molecule has 2 rings (SSSR count). The molecule has 0 aromatic heterocycles. The Balaban J connectivity index is 2.10. The predicted octanol–water partition coefficient (Wildman–Crippen LogP) is 0.132. The maximum Gasteiger partial charge on any atom is 0.225 e. The summed E-state index contributed by atoms with van der Waals surface area (Å²) in [5, 5.41) is 9.28. The third-order valence-corrected chi connectivity index (χ3v) is 2.65. The van der Waals surface area contributed by atoms with Crippen LogP contribution in [0.4, 0.5) is 0 Å². The average Bonchev–Trinajstić information content (AvgIpc) is 2.34. The minimum absolute atomic E-state index is 0.145. The van der Waals surface area contributed by atoms with E-state index in [9.17, 15) is 9.90 Å². The molecule has 0 aliphatic carbocycles. The van der Waals surface area contributed by atoms with Crippen molar-refractivity contribution in [2.24, 2.45) is 0 Å². The van der Waals surface area contributed by atoms with Crippen molar-refractivity contribution in [3.8, 4) is 0 Å². The van der Waals surface area contributed by atoms with Gasteiger partial charge in [-0.25, -0.2) is 0 Å². The Morgan fingerprint density at radius 2 is 2.36 bits per heavy atom. The number of carbonyl (C=O) groups excluding carboxylic acids is 1. The van der Waals surface area contributed by atoms with Crippen LogP contribution in [0.5, 0.6) is 0 Å². The standard InChI is InChI=1S/C8H13NO2/c10-7-4-6-2-1-3-9(6)8(11)5-7/h6-7,10H,1-5H2/t6-,7+/m0/s1. The van der Waals surface area contributed by atoms with Gasteiger partial charge in [0.2, 0.25) is 5.91 Å². The van der Waals surface area contributed by atoms with E-state index in [4.69, 9.17) is 0 Å². The molecule has 0 aromatic rings. The summed E-state index contributed by atoms with van der Waals surface area (Å²) in [4.78, 5) is 13.2. The zero-order valence-corrected chi connectivity index (χ0v) is 6.49. The molecule has 3 nitrogen and oxygen atoms in total. The summed E-state index contributed by atoms with van der Waals surface area (Å²) in [5.41, 5.74) is 0. The number of fused-ring (bicyclic) bond motifs is 1. The molecule has 0 spiro atoms. The van der Waals surface area contributed by atoms with Crippen LogP contribution >= 0.6 is 0 Å². The molecule has 0 saturated carbocycles. The molecule has 1 N–H and O–H groups in total. The fourth-order valence-electron chi connectivity index (χ4n) is 2.13. The van der Waals surface area contributed by atoms with Crippen LogP contribution in [-0.2, 0) is 4.79 Å². The van der Waals surface area contributed by atoms with Gasteiger partial charge in [0.1, 0.15) is 0 Å². The van der Waals surface area contributed by atoms with E-state index in [1.807, 2.05) is 4.90 Å². The molecule has 2 fully saturated rings. The van der Waals surface area contributed by atoms with E-state index in [0.29, 0.717) is 12.5 Å². The summed E-state index contributed by atoms with van der Waals surface area (Å²) in [7, 11) is 0. The first kappa shape index (κ1) is 7.10. The fourth-order valence-corrected chi connectivity index (χ4v) is 2.13. The van der Waals surface area contributed by atoms with Gasteiger partial charge in [-0.1, -0.05) is 0 Å². The normalized spacial score (nSPS) is 37.5. The monoisotopic (exact) mass is 155 g/mol. The number of nitrogens with zero attached hydrogens (tertiary/aromatic N) is 1. The van der Waals surface area contributed by atoms with Crippen molar-refractivity contribution in [1.82, 2.24) is 4.90 Å². The van der Waals surface area contributed by atoms with Crippen LogP contribution < -0.4 is 0 Å². The Bertz CT molecular complexity index is 181. The Morgan fingerprint density at radius 1 is 1.55 bits per heavy atom. The van der Waals surface area contributed by atoms with Crippen molar-refractivity contribution in [1.29, 1.82) is 0 Å². The maximum atomic E-state index is 11.3. The van der Waals surface area contributed by atoms with Crippen molar-refractivity contribution >= 4 is 5.91 Å². The molecule has 2 aliphatic rings. The molecule has 62 valence electrons. The van der Waals surface area contributed by atoms with Crippen LogP contribution in [0.1, 0.15) is 25.7 Å². The molecule has 2 aliphatic heterocycles. The smallest absolute Gasteiger partial charge is 0.225 e. The summed E-state index contributed by atoms with van der Waals surface area (Å²) < 4.78 is 0. The number of rotatable bonds is 0. The van der Waals surface area contributed by atoms with Gasteiger partial charge in [0, 0.05) is 12.6 Å². The summed E-state index contributed by atoms with van der Waals surface area (Å²) in [5.74, 6) is 0.145. The average molecular weight is 155 g/mol. The number of aliphatic hydroxyl groups is 1. The van der Waals surface area contributed by atoms with Gasteiger partial charge in [0.05, 0.1) is 12.5 Å². The molecule has 0 unspecified atom stereocenters. The second-order valence-electron chi connectivity index (χ2n) is 3.48. The molecule has 3 heteroatoms. The lowest BCUT2D eigenvalue weighted by Crippen LogP contribution is -2.44. The Labute approximate surface area is 66.0 Å². The molecule has 11 heavy (non-hydrogen) atoms. The summed E-state index contributed by atoms with van der Waals surface area (Å²) in [6, 6.07) is 0.353. The van der Waals surface area contributed by atoms with Crippen molar-refractivity contribution in [2.75, 3.05) is 6.54 Å². The Hall–Kier alpha value is -0.570. The number of carbonyl (C=O) groups is 1. The highest BCUT2D eigenvalue weighted by Crippen LogP contribution is 2.27. The third-order valence-electron chi connectivity index (χ3n) is 2.65. The minimum Gasteiger partial charge on any atom is -0.393 e. The van der Waals surface area contributed by atoms with Crippen LogP contribution in [0.2, 0.25) is 0 Å². The highest BCUT2D eigenvalue weighted by atomic mass is 16.3.